The van der Waals surface area contributed by atoms with Crippen LogP contribution in [0.2, 0.25) is 0 Å². The molecule has 0 bridgehead atoms. The normalized spacial score (nSPS) is 33.3. The monoisotopic (exact) mass is 187 g/mol. The third kappa shape index (κ3) is 2.40. The zero-order chi connectivity index (χ0) is 9.90. The van der Waals surface area contributed by atoms with Crippen LogP contribution in [-0.2, 0) is 4.79 Å². The number of hydrogen-bond donors (Lipinski definition) is 4. The van der Waals surface area contributed by atoms with E-state index in [4.69, 9.17) is 5.21 Å². The van der Waals surface area contributed by atoms with Crippen LogP contribution in [0.1, 0.15) is 19.8 Å². The smallest absolute Gasteiger partial charge is 0.245 e. The Kier molecular flexibility index (Phi) is 3.24. The number of nitrogens with one attached hydrogen (secondary N) is 3. The van der Waals surface area contributed by atoms with E-state index in [2.05, 4.69) is 17.6 Å². The van der Waals surface area contributed by atoms with Crippen molar-refractivity contribution < 1.29 is 10.0 Å². The Morgan fingerprint density at radius 3 is 2.85 bits per heavy atom. The number of hydrogen-bond acceptors (Lipinski definition) is 4. The molecule has 0 spiro atoms. The van der Waals surface area contributed by atoms with E-state index in [1.807, 2.05) is 7.05 Å². The minimum absolute atomic E-state index is 0.202. The molecule has 4 N–H and O–H groups in total. The summed E-state index contributed by atoms with van der Waals surface area (Å²) in [6.45, 7) is 2.84. The predicted molar refractivity (Wildman–Crippen MR) is 48.4 cm³/mol. The Balaban J connectivity index is 2.55. The van der Waals surface area contributed by atoms with Gasteiger partial charge in [-0.25, -0.2) is 5.48 Å². The first-order chi connectivity index (χ1) is 6.12. The molecule has 76 valence electrons. The SMILES string of the molecule is CNC1(CC(=O)NO)CNC(C)C1. The molecule has 1 amide bonds. The topological polar surface area (TPSA) is 73.4 Å². The van der Waals surface area contributed by atoms with E-state index < -0.39 is 0 Å². The van der Waals surface area contributed by atoms with Crippen molar-refractivity contribution in [1.29, 1.82) is 0 Å². The van der Waals surface area contributed by atoms with Gasteiger partial charge in [-0.2, -0.15) is 0 Å². The molecule has 13 heavy (non-hydrogen) atoms. The second-order valence-electron chi connectivity index (χ2n) is 3.73. The van der Waals surface area contributed by atoms with Gasteiger partial charge in [-0.3, -0.25) is 10.0 Å². The molecule has 1 aliphatic heterocycles. The Hall–Kier alpha value is -0.650. The maximum Gasteiger partial charge on any atom is 0.245 e. The fourth-order valence-electron chi connectivity index (χ4n) is 1.86. The van der Waals surface area contributed by atoms with Gasteiger partial charge in [-0.05, 0) is 20.4 Å². The summed E-state index contributed by atoms with van der Waals surface area (Å²) in [5.74, 6) is -0.342. The molecule has 5 heteroatoms. The fraction of sp³-hybridized carbons (Fsp3) is 0.875. The van der Waals surface area contributed by atoms with E-state index in [0.29, 0.717) is 12.5 Å². The Morgan fingerprint density at radius 1 is 1.77 bits per heavy atom. The summed E-state index contributed by atoms with van der Waals surface area (Å²) in [6.07, 6.45) is 1.20. The van der Waals surface area contributed by atoms with Crippen molar-refractivity contribution in [2.75, 3.05) is 13.6 Å². The predicted octanol–water partition coefficient (Wildman–Crippen LogP) is -0.778. The molecular weight excluding hydrogens is 170 g/mol. The average Bonchev–Trinajstić information content (AvgIpc) is 2.48. The van der Waals surface area contributed by atoms with Gasteiger partial charge in [0.05, 0.1) is 0 Å². The third-order valence-electron chi connectivity index (χ3n) is 2.64. The van der Waals surface area contributed by atoms with Gasteiger partial charge in [0.15, 0.2) is 0 Å². The van der Waals surface area contributed by atoms with Gasteiger partial charge in [0.1, 0.15) is 0 Å². The lowest BCUT2D eigenvalue weighted by Crippen LogP contribution is -2.48. The molecule has 1 heterocycles. The number of rotatable bonds is 3. The first-order valence-electron chi connectivity index (χ1n) is 4.47. The van der Waals surface area contributed by atoms with Gasteiger partial charge in [-0.1, -0.05) is 0 Å². The summed E-state index contributed by atoms with van der Waals surface area (Å²) in [7, 11) is 1.84. The van der Waals surface area contributed by atoms with Gasteiger partial charge >= 0.3 is 0 Å². The van der Waals surface area contributed by atoms with Crippen LogP contribution >= 0.6 is 0 Å². The van der Waals surface area contributed by atoms with E-state index >= 15 is 0 Å². The molecule has 0 aliphatic carbocycles. The van der Waals surface area contributed by atoms with E-state index in [1.54, 1.807) is 5.48 Å². The number of hydroxylamine groups is 1. The van der Waals surface area contributed by atoms with Crippen molar-refractivity contribution >= 4 is 5.91 Å². The van der Waals surface area contributed by atoms with Gasteiger partial charge in [0.25, 0.3) is 0 Å². The maximum absolute atomic E-state index is 11.0. The lowest BCUT2D eigenvalue weighted by molar-refractivity contribution is -0.130. The highest BCUT2D eigenvalue weighted by Gasteiger charge is 2.37. The molecule has 0 radical (unpaired) electrons. The Morgan fingerprint density at radius 2 is 2.46 bits per heavy atom. The van der Waals surface area contributed by atoms with Crippen molar-refractivity contribution in [3.05, 3.63) is 0 Å². The number of carbonyl (C=O) groups excluding carboxylic acids is 1. The van der Waals surface area contributed by atoms with E-state index in [-0.39, 0.29) is 11.4 Å². The lowest BCUT2D eigenvalue weighted by atomic mass is 9.92. The van der Waals surface area contributed by atoms with Crippen LogP contribution in [-0.4, -0.2) is 36.3 Å². The van der Waals surface area contributed by atoms with Gasteiger partial charge in [-0.15, -0.1) is 0 Å². The summed E-state index contributed by atoms with van der Waals surface area (Å²) in [5, 5.41) is 14.8. The van der Waals surface area contributed by atoms with Gasteiger partial charge in [0.2, 0.25) is 5.91 Å². The summed E-state index contributed by atoms with van der Waals surface area (Å²) in [6, 6.07) is 0.416. The molecule has 1 fully saturated rings. The Bertz CT molecular complexity index is 198. The zero-order valence-corrected chi connectivity index (χ0v) is 8.05. The molecule has 2 atom stereocenters. The van der Waals surface area contributed by atoms with E-state index in [0.717, 1.165) is 13.0 Å². The Labute approximate surface area is 77.8 Å². The lowest BCUT2D eigenvalue weighted by Gasteiger charge is -2.26. The van der Waals surface area contributed by atoms with Crippen molar-refractivity contribution in [2.24, 2.45) is 0 Å². The molecule has 2 unspecified atom stereocenters. The fourth-order valence-corrected chi connectivity index (χ4v) is 1.86. The minimum Gasteiger partial charge on any atom is -0.313 e. The quantitative estimate of drug-likeness (QED) is 0.345. The van der Waals surface area contributed by atoms with E-state index in [1.165, 1.54) is 0 Å². The molecule has 1 aliphatic rings. The molecule has 0 aromatic heterocycles. The highest BCUT2D eigenvalue weighted by molar-refractivity contribution is 5.76. The number of amides is 1. The van der Waals surface area contributed by atoms with Crippen LogP contribution in [0.3, 0.4) is 0 Å². The second-order valence-corrected chi connectivity index (χ2v) is 3.73. The average molecular weight is 187 g/mol. The molecule has 1 rings (SSSR count). The first kappa shape index (κ1) is 10.4. The van der Waals surface area contributed by atoms with Crippen molar-refractivity contribution in [3.8, 4) is 0 Å². The number of carbonyl (C=O) groups is 1. The van der Waals surface area contributed by atoms with Crippen LogP contribution < -0.4 is 16.1 Å². The maximum atomic E-state index is 11.0. The highest BCUT2D eigenvalue weighted by atomic mass is 16.5. The summed E-state index contributed by atoms with van der Waals surface area (Å²) in [5.41, 5.74) is 1.46. The molecule has 0 aromatic carbocycles. The number of likely N-dealkylation sites (N-methyl/N-ethyl adjacent to an activating group) is 1. The minimum atomic E-state index is -0.342. The molecular formula is C8H17N3O2. The third-order valence-corrected chi connectivity index (χ3v) is 2.64. The molecule has 5 nitrogen and oxygen atoms in total. The first-order valence-corrected chi connectivity index (χ1v) is 4.47. The summed E-state index contributed by atoms with van der Waals surface area (Å²) < 4.78 is 0. The molecule has 0 saturated carbocycles. The van der Waals surface area contributed by atoms with E-state index in [9.17, 15) is 4.79 Å². The van der Waals surface area contributed by atoms with Crippen molar-refractivity contribution in [3.63, 3.8) is 0 Å². The zero-order valence-electron chi connectivity index (χ0n) is 8.05. The molecule has 1 saturated heterocycles. The van der Waals surface area contributed by atoms with Crippen LogP contribution in [0.5, 0.6) is 0 Å². The van der Waals surface area contributed by atoms with Gasteiger partial charge < -0.3 is 10.6 Å². The van der Waals surface area contributed by atoms with Crippen LogP contribution in [0.4, 0.5) is 0 Å². The second kappa shape index (κ2) is 4.04. The largest absolute Gasteiger partial charge is 0.313 e. The van der Waals surface area contributed by atoms with Crippen molar-refractivity contribution in [2.45, 2.75) is 31.3 Å². The summed E-state index contributed by atoms with van der Waals surface area (Å²) in [4.78, 5) is 11.0. The summed E-state index contributed by atoms with van der Waals surface area (Å²) >= 11 is 0. The van der Waals surface area contributed by atoms with Crippen LogP contribution in [0.15, 0.2) is 0 Å². The molecule has 0 aromatic rings. The van der Waals surface area contributed by atoms with Crippen LogP contribution in [0, 0.1) is 0 Å². The van der Waals surface area contributed by atoms with Crippen LogP contribution in [0.25, 0.3) is 0 Å². The standard InChI is InChI=1S/C8H17N3O2/c1-6-3-8(9-2,5-10-6)4-7(12)11-13/h6,9-10,13H,3-5H2,1-2H3,(H,11,12). The van der Waals surface area contributed by atoms with Gasteiger partial charge in [0, 0.05) is 24.5 Å². The highest BCUT2D eigenvalue weighted by Crippen LogP contribution is 2.22. The van der Waals surface area contributed by atoms with Crippen molar-refractivity contribution in [1.82, 2.24) is 16.1 Å².